The molecule has 0 aliphatic carbocycles. The normalized spacial score (nSPS) is 12.2. The molecule has 0 unspecified atom stereocenters. The van der Waals surface area contributed by atoms with Crippen molar-refractivity contribution in [2.24, 2.45) is 5.92 Å². The number of nitrogens with zero attached hydrogens (tertiary/aromatic N) is 3. The minimum absolute atomic E-state index is 0.122. The van der Waals surface area contributed by atoms with E-state index in [-0.39, 0.29) is 17.0 Å². The molecule has 1 aromatic heterocycles. The molecule has 0 saturated heterocycles. The third kappa shape index (κ3) is 4.78. The molecule has 146 valence electrons. The van der Waals surface area contributed by atoms with E-state index in [9.17, 15) is 9.18 Å². The molecule has 1 atom stereocenters. The van der Waals surface area contributed by atoms with Crippen molar-refractivity contribution in [3.8, 4) is 11.4 Å². The summed E-state index contributed by atoms with van der Waals surface area (Å²) in [6.07, 6.45) is 0. The number of halogens is 1. The highest BCUT2D eigenvalue weighted by Crippen LogP contribution is 2.29. The Bertz CT molecular complexity index is 943. The molecule has 0 spiro atoms. The van der Waals surface area contributed by atoms with Gasteiger partial charge >= 0.3 is 0 Å². The van der Waals surface area contributed by atoms with Crippen molar-refractivity contribution in [2.75, 3.05) is 5.32 Å². The van der Waals surface area contributed by atoms with Crippen LogP contribution >= 0.6 is 11.8 Å². The lowest BCUT2D eigenvalue weighted by molar-refractivity contribution is -0.115. The monoisotopic (exact) mass is 398 g/mol. The number of rotatable bonds is 7. The highest BCUT2D eigenvalue weighted by molar-refractivity contribution is 8.00. The summed E-state index contributed by atoms with van der Waals surface area (Å²) in [4.78, 5) is 12.5. The molecule has 3 rings (SSSR count). The standard InChI is InChI=1S/C21H23FN4OS/c1-14(2)13-26-19(17-11-7-8-12-18(17)22)24-25-21(26)28-15(3)20(27)23-16-9-5-4-6-10-16/h4-12,14-15H,13H2,1-3H3,(H,23,27)/t15-/m1/s1. The van der Waals surface area contributed by atoms with Crippen molar-refractivity contribution in [3.63, 3.8) is 0 Å². The summed E-state index contributed by atoms with van der Waals surface area (Å²) in [5.74, 6) is 0.327. The van der Waals surface area contributed by atoms with Gasteiger partial charge < -0.3 is 9.88 Å². The third-order valence-corrected chi connectivity index (χ3v) is 5.15. The second-order valence-electron chi connectivity index (χ2n) is 6.91. The third-order valence-electron chi connectivity index (χ3n) is 4.07. The largest absolute Gasteiger partial charge is 0.325 e. The second kappa shape index (κ2) is 9.01. The average Bonchev–Trinajstić information content (AvgIpc) is 3.04. The van der Waals surface area contributed by atoms with Gasteiger partial charge in [-0.15, -0.1) is 10.2 Å². The molecule has 28 heavy (non-hydrogen) atoms. The van der Waals surface area contributed by atoms with E-state index in [0.717, 1.165) is 5.69 Å². The molecule has 0 saturated carbocycles. The first-order valence-corrected chi connectivity index (χ1v) is 10.0. The Morgan fingerprint density at radius 3 is 2.43 bits per heavy atom. The Morgan fingerprint density at radius 1 is 1.07 bits per heavy atom. The van der Waals surface area contributed by atoms with Crippen LogP contribution in [0.1, 0.15) is 20.8 Å². The van der Waals surface area contributed by atoms with Gasteiger partial charge in [-0.05, 0) is 37.1 Å². The molecule has 1 amide bonds. The van der Waals surface area contributed by atoms with Crippen molar-refractivity contribution < 1.29 is 9.18 Å². The van der Waals surface area contributed by atoms with E-state index in [2.05, 4.69) is 29.4 Å². The van der Waals surface area contributed by atoms with E-state index in [1.165, 1.54) is 17.8 Å². The van der Waals surface area contributed by atoms with Gasteiger partial charge in [0, 0.05) is 12.2 Å². The first-order valence-electron chi connectivity index (χ1n) is 9.16. The molecule has 1 N–H and O–H groups in total. The number of hydrogen-bond acceptors (Lipinski definition) is 4. The first-order chi connectivity index (χ1) is 13.5. The molecule has 0 bridgehead atoms. The van der Waals surface area contributed by atoms with Crippen molar-refractivity contribution in [3.05, 3.63) is 60.4 Å². The predicted molar refractivity (Wildman–Crippen MR) is 111 cm³/mol. The quantitative estimate of drug-likeness (QED) is 0.578. The number of aromatic nitrogens is 3. The minimum Gasteiger partial charge on any atom is -0.325 e. The van der Waals surface area contributed by atoms with E-state index >= 15 is 0 Å². The van der Waals surface area contributed by atoms with E-state index in [1.807, 2.05) is 41.8 Å². The lowest BCUT2D eigenvalue weighted by Crippen LogP contribution is -2.23. The SMILES string of the molecule is CC(C)Cn1c(S[C@H](C)C(=O)Nc2ccccc2)nnc1-c1ccccc1F. The highest BCUT2D eigenvalue weighted by atomic mass is 32.2. The highest BCUT2D eigenvalue weighted by Gasteiger charge is 2.22. The number of carbonyl (C=O) groups is 1. The van der Waals surface area contributed by atoms with Gasteiger partial charge in [-0.2, -0.15) is 0 Å². The number of anilines is 1. The molecular formula is C21H23FN4OS. The number of benzene rings is 2. The van der Waals surface area contributed by atoms with Gasteiger partial charge in [0.05, 0.1) is 10.8 Å². The number of thioether (sulfide) groups is 1. The fraction of sp³-hybridized carbons (Fsp3) is 0.286. The van der Waals surface area contributed by atoms with Crippen LogP contribution in [-0.2, 0) is 11.3 Å². The fourth-order valence-corrected chi connectivity index (χ4v) is 3.58. The average molecular weight is 399 g/mol. The second-order valence-corrected chi connectivity index (χ2v) is 8.21. The molecule has 5 nitrogen and oxygen atoms in total. The van der Waals surface area contributed by atoms with E-state index in [4.69, 9.17) is 0 Å². The number of amides is 1. The van der Waals surface area contributed by atoms with Gasteiger partial charge in [0.1, 0.15) is 5.82 Å². The molecule has 2 aromatic carbocycles. The van der Waals surface area contributed by atoms with Gasteiger partial charge in [-0.1, -0.05) is 55.9 Å². The molecule has 0 aliphatic heterocycles. The first kappa shape index (κ1) is 20.1. The zero-order valence-electron chi connectivity index (χ0n) is 16.1. The fourth-order valence-electron chi connectivity index (χ4n) is 2.72. The van der Waals surface area contributed by atoms with Crippen molar-refractivity contribution in [2.45, 2.75) is 37.7 Å². The predicted octanol–water partition coefficient (Wildman–Crippen LogP) is 4.86. The zero-order valence-corrected chi connectivity index (χ0v) is 16.9. The summed E-state index contributed by atoms with van der Waals surface area (Å²) in [5.41, 5.74) is 1.15. The topological polar surface area (TPSA) is 59.8 Å². The molecular weight excluding hydrogens is 375 g/mol. The Labute approximate surface area is 168 Å². The van der Waals surface area contributed by atoms with E-state index < -0.39 is 0 Å². The Balaban J connectivity index is 1.83. The van der Waals surface area contributed by atoms with Gasteiger partial charge in [-0.25, -0.2) is 4.39 Å². The summed E-state index contributed by atoms with van der Waals surface area (Å²) in [6.45, 7) is 6.60. The van der Waals surface area contributed by atoms with Crippen LogP contribution < -0.4 is 5.32 Å². The summed E-state index contributed by atoms with van der Waals surface area (Å²) in [7, 11) is 0. The van der Waals surface area contributed by atoms with Crippen LogP contribution in [0.5, 0.6) is 0 Å². The lowest BCUT2D eigenvalue weighted by atomic mass is 10.2. The number of para-hydroxylation sites is 1. The van der Waals surface area contributed by atoms with Gasteiger partial charge in [0.15, 0.2) is 11.0 Å². The van der Waals surface area contributed by atoms with E-state index in [1.54, 1.807) is 18.2 Å². The summed E-state index contributed by atoms with van der Waals surface area (Å²) in [6, 6.07) is 15.8. The van der Waals surface area contributed by atoms with Gasteiger partial charge in [0.25, 0.3) is 0 Å². The lowest BCUT2D eigenvalue weighted by Gasteiger charge is -2.15. The Hall–Kier alpha value is -2.67. The van der Waals surface area contributed by atoms with Crippen LogP contribution in [-0.4, -0.2) is 25.9 Å². The minimum atomic E-state index is -0.385. The summed E-state index contributed by atoms with van der Waals surface area (Å²) < 4.78 is 16.2. The van der Waals surface area contributed by atoms with Crippen LogP contribution in [0.15, 0.2) is 59.8 Å². The van der Waals surface area contributed by atoms with Crippen molar-refractivity contribution in [1.29, 1.82) is 0 Å². The number of nitrogens with one attached hydrogen (secondary N) is 1. The molecule has 0 radical (unpaired) electrons. The molecule has 7 heteroatoms. The summed E-state index contributed by atoms with van der Waals surface area (Å²) >= 11 is 1.32. The number of carbonyl (C=O) groups excluding carboxylic acids is 1. The Morgan fingerprint density at radius 2 is 1.75 bits per heavy atom. The maximum atomic E-state index is 14.3. The van der Waals surface area contributed by atoms with Gasteiger partial charge in [0.2, 0.25) is 5.91 Å². The van der Waals surface area contributed by atoms with Gasteiger partial charge in [-0.3, -0.25) is 4.79 Å². The molecule has 1 heterocycles. The van der Waals surface area contributed by atoms with E-state index in [0.29, 0.717) is 29.0 Å². The van der Waals surface area contributed by atoms with Crippen LogP contribution in [0.4, 0.5) is 10.1 Å². The summed E-state index contributed by atoms with van der Waals surface area (Å²) in [5, 5.41) is 11.6. The van der Waals surface area contributed by atoms with Crippen LogP contribution in [0.2, 0.25) is 0 Å². The molecule has 0 aliphatic rings. The number of hydrogen-bond donors (Lipinski definition) is 1. The maximum Gasteiger partial charge on any atom is 0.237 e. The molecule has 0 fully saturated rings. The maximum absolute atomic E-state index is 14.3. The van der Waals surface area contributed by atoms with Crippen molar-refractivity contribution >= 4 is 23.4 Å². The smallest absolute Gasteiger partial charge is 0.237 e. The van der Waals surface area contributed by atoms with Crippen molar-refractivity contribution in [1.82, 2.24) is 14.8 Å². The zero-order chi connectivity index (χ0) is 20.1. The molecule has 3 aromatic rings. The van der Waals surface area contributed by atoms with Crippen LogP contribution in [0, 0.1) is 11.7 Å². The van der Waals surface area contributed by atoms with Crippen LogP contribution in [0.25, 0.3) is 11.4 Å². The van der Waals surface area contributed by atoms with Crippen LogP contribution in [0.3, 0.4) is 0 Å². The Kier molecular flexibility index (Phi) is 6.46.